The number of carboxylic acid groups (broad SMARTS) is 1. The van der Waals surface area contributed by atoms with Crippen molar-refractivity contribution in [1.82, 2.24) is 9.97 Å². The lowest BCUT2D eigenvalue weighted by atomic mass is 10.2. The van der Waals surface area contributed by atoms with Crippen molar-refractivity contribution < 1.29 is 23.8 Å². The van der Waals surface area contributed by atoms with Gasteiger partial charge in [0.25, 0.3) is 0 Å². The van der Waals surface area contributed by atoms with Crippen LogP contribution in [0.4, 0.5) is 26.4 Å². The third kappa shape index (κ3) is 6.23. The molecule has 2 N–H and O–H groups in total. The fourth-order valence-electron chi connectivity index (χ4n) is 2.85. The number of benzene rings is 2. The van der Waals surface area contributed by atoms with Gasteiger partial charge in [-0.3, -0.25) is 4.90 Å². The number of hydrogen-bond acceptors (Lipinski definition) is 6. The van der Waals surface area contributed by atoms with Crippen molar-refractivity contribution in [2.75, 3.05) is 37.1 Å². The van der Waals surface area contributed by atoms with Gasteiger partial charge in [0.05, 0.1) is 24.1 Å². The summed E-state index contributed by atoms with van der Waals surface area (Å²) in [5.41, 5.74) is 1.19. The van der Waals surface area contributed by atoms with Crippen LogP contribution in [0.1, 0.15) is 0 Å². The zero-order valence-electron chi connectivity index (χ0n) is 16.7. The molecule has 0 unspecified atom stereocenters. The number of amides is 1. The molecular formula is C20H18Cl3FN4O4. The quantitative estimate of drug-likeness (QED) is 0.314. The predicted octanol–water partition coefficient (Wildman–Crippen LogP) is 5.39. The zero-order valence-corrected chi connectivity index (χ0v) is 19.0. The second kappa shape index (κ2) is 10.4. The van der Waals surface area contributed by atoms with Crippen LogP contribution in [0.5, 0.6) is 5.75 Å². The lowest BCUT2D eigenvalue weighted by molar-refractivity contribution is 0.146. The summed E-state index contributed by atoms with van der Waals surface area (Å²) >= 11 is 17.2. The van der Waals surface area contributed by atoms with Crippen LogP contribution in [0.2, 0.25) is 0 Å². The molecule has 32 heavy (non-hydrogen) atoms. The Kier molecular flexibility index (Phi) is 7.78. The Balaban J connectivity index is 1.84. The second-order valence-corrected chi connectivity index (χ2v) is 9.03. The standard InChI is InChI=1S/C20H18Cl3FN4O4/c1-31-6-7-32-14-8-15(24)17-16(9-14)25-11-26-18(17)27-12-2-4-13(5-3-12)28(19(29)30)10-20(21,22)23/h2-5,8-9,11H,6-7,10H2,1H3,(H,29,30)(H,25,26,27). The van der Waals surface area contributed by atoms with Crippen LogP contribution < -0.4 is 15.0 Å². The number of ether oxygens (including phenoxy) is 2. The van der Waals surface area contributed by atoms with Crippen molar-refractivity contribution in [3.05, 3.63) is 48.5 Å². The smallest absolute Gasteiger partial charge is 0.411 e. The molecule has 0 aliphatic heterocycles. The number of fused-ring (bicyclic) bond motifs is 1. The average molecular weight is 504 g/mol. The number of rotatable bonds is 8. The molecule has 8 nitrogen and oxygen atoms in total. The van der Waals surface area contributed by atoms with Crippen LogP contribution in [0, 0.1) is 5.82 Å². The maximum absolute atomic E-state index is 14.8. The van der Waals surface area contributed by atoms with Gasteiger partial charge >= 0.3 is 6.09 Å². The Morgan fingerprint density at radius 1 is 1.19 bits per heavy atom. The highest BCUT2D eigenvalue weighted by molar-refractivity contribution is 6.68. The first-order valence-electron chi connectivity index (χ1n) is 9.18. The average Bonchev–Trinajstić information content (AvgIpc) is 2.72. The zero-order chi connectivity index (χ0) is 23.3. The van der Waals surface area contributed by atoms with Crippen molar-refractivity contribution in [3.8, 4) is 5.75 Å². The topological polar surface area (TPSA) is 96.8 Å². The van der Waals surface area contributed by atoms with E-state index in [0.29, 0.717) is 29.2 Å². The maximum Gasteiger partial charge on any atom is 0.411 e. The summed E-state index contributed by atoms with van der Waals surface area (Å²) in [4.78, 5) is 20.6. The number of halogens is 4. The monoisotopic (exact) mass is 502 g/mol. The SMILES string of the molecule is COCCOc1cc(F)c2c(Nc3ccc(N(CC(Cl)(Cl)Cl)C(=O)O)cc3)ncnc2c1. The highest BCUT2D eigenvalue weighted by atomic mass is 35.6. The van der Waals surface area contributed by atoms with Crippen LogP contribution in [-0.2, 0) is 4.74 Å². The Bertz CT molecular complexity index is 1100. The van der Waals surface area contributed by atoms with Crippen molar-refractivity contribution in [2.45, 2.75) is 3.79 Å². The first-order chi connectivity index (χ1) is 15.2. The van der Waals surface area contributed by atoms with E-state index in [1.165, 1.54) is 24.5 Å². The molecule has 1 amide bonds. The van der Waals surface area contributed by atoms with Gasteiger partial charge in [-0.15, -0.1) is 0 Å². The fourth-order valence-corrected chi connectivity index (χ4v) is 3.21. The minimum atomic E-state index is -1.78. The third-order valence-corrected chi connectivity index (χ3v) is 4.59. The van der Waals surface area contributed by atoms with E-state index in [2.05, 4.69) is 15.3 Å². The number of nitrogens with one attached hydrogen (secondary N) is 1. The molecule has 0 saturated carbocycles. The Hall–Kier alpha value is -2.59. The van der Waals surface area contributed by atoms with Crippen LogP contribution in [0.3, 0.4) is 0 Å². The normalized spacial score (nSPS) is 11.4. The second-order valence-electron chi connectivity index (χ2n) is 6.52. The number of aromatic nitrogens is 2. The molecule has 12 heteroatoms. The molecule has 0 aliphatic rings. The minimum Gasteiger partial charge on any atom is -0.491 e. The van der Waals surface area contributed by atoms with E-state index in [1.807, 2.05) is 0 Å². The number of nitrogens with zero attached hydrogens (tertiary/aromatic N) is 3. The van der Waals surface area contributed by atoms with Crippen molar-refractivity contribution in [1.29, 1.82) is 0 Å². The Morgan fingerprint density at radius 3 is 2.53 bits per heavy atom. The fraction of sp³-hybridized carbons (Fsp3) is 0.250. The summed E-state index contributed by atoms with van der Waals surface area (Å²) in [5, 5.41) is 12.6. The van der Waals surface area contributed by atoms with E-state index >= 15 is 0 Å². The molecule has 0 bridgehead atoms. The van der Waals surface area contributed by atoms with E-state index < -0.39 is 15.7 Å². The van der Waals surface area contributed by atoms with Gasteiger partial charge in [0, 0.05) is 30.6 Å². The molecule has 1 aromatic heterocycles. The van der Waals surface area contributed by atoms with Gasteiger partial charge in [0.15, 0.2) is 0 Å². The van der Waals surface area contributed by atoms with Gasteiger partial charge in [-0.25, -0.2) is 19.2 Å². The largest absolute Gasteiger partial charge is 0.491 e. The maximum atomic E-state index is 14.8. The van der Waals surface area contributed by atoms with Crippen LogP contribution in [0.15, 0.2) is 42.7 Å². The molecule has 0 aliphatic carbocycles. The van der Waals surface area contributed by atoms with Gasteiger partial charge < -0.3 is 19.9 Å². The summed E-state index contributed by atoms with van der Waals surface area (Å²) in [6, 6.07) is 9.08. The van der Waals surface area contributed by atoms with Crippen molar-refractivity contribution in [2.24, 2.45) is 0 Å². The molecule has 0 fully saturated rings. The summed E-state index contributed by atoms with van der Waals surface area (Å²) in [5.74, 6) is -0.00166. The predicted molar refractivity (Wildman–Crippen MR) is 122 cm³/mol. The number of carbonyl (C=O) groups is 1. The van der Waals surface area contributed by atoms with Crippen molar-refractivity contribution >= 4 is 69.0 Å². The number of alkyl halides is 3. The molecule has 2 aromatic carbocycles. The summed E-state index contributed by atoms with van der Waals surface area (Å²) in [7, 11) is 1.54. The van der Waals surface area contributed by atoms with Gasteiger partial charge in [-0.1, -0.05) is 34.8 Å². The minimum absolute atomic E-state index is 0.180. The molecule has 0 spiro atoms. The van der Waals surface area contributed by atoms with Crippen LogP contribution >= 0.6 is 34.8 Å². The highest BCUT2D eigenvalue weighted by Gasteiger charge is 2.28. The number of hydrogen-bond donors (Lipinski definition) is 2. The first kappa shape index (κ1) is 24.1. The van der Waals surface area contributed by atoms with Crippen LogP contribution in [0.25, 0.3) is 10.9 Å². The molecule has 3 rings (SSSR count). The molecule has 3 aromatic rings. The molecule has 170 valence electrons. The third-order valence-electron chi connectivity index (χ3n) is 4.23. The van der Waals surface area contributed by atoms with Gasteiger partial charge in [0.1, 0.15) is 30.3 Å². The summed E-state index contributed by atoms with van der Waals surface area (Å²) < 4.78 is 23.4. The van der Waals surface area contributed by atoms with Gasteiger partial charge in [-0.05, 0) is 24.3 Å². The van der Waals surface area contributed by atoms with E-state index in [4.69, 9.17) is 44.3 Å². The Morgan fingerprint density at radius 2 is 1.91 bits per heavy atom. The number of anilines is 3. The van der Waals surface area contributed by atoms with E-state index in [-0.39, 0.29) is 24.4 Å². The van der Waals surface area contributed by atoms with E-state index in [9.17, 15) is 14.3 Å². The number of methoxy groups -OCH3 is 1. The van der Waals surface area contributed by atoms with Gasteiger partial charge in [-0.2, -0.15) is 0 Å². The molecule has 0 atom stereocenters. The highest BCUT2D eigenvalue weighted by Crippen LogP contribution is 2.32. The van der Waals surface area contributed by atoms with Crippen molar-refractivity contribution in [3.63, 3.8) is 0 Å². The molecule has 1 heterocycles. The first-order valence-corrected chi connectivity index (χ1v) is 10.3. The van der Waals surface area contributed by atoms with Crippen LogP contribution in [-0.4, -0.2) is 51.8 Å². The van der Waals surface area contributed by atoms with E-state index in [1.54, 1.807) is 25.3 Å². The lowest BCUT2D eigenvalue weighted by Crippen LogP contribution is -2.36. The Labute approximate surface area is 197 Å². The molecule has 0 saturated heterocycles. The van der Waals surface area contributed by atoms with E-state index in [0.717, 1.165) is 4.90 Å². The molecule has 0 radical (unpaired) electrons. The summed E-state index contributed by atoms with van der Waals surface area (Å²) in [6.45, 7) is 0.291. The summed E-state index contributed by atoms with van der Waals surface area (Å²) in [6.07, 6.45) is 0.0225. The molecular weight excluding hydrogens is 486 g/mol. The van der Waals surface area contributed by atoms with Gasteiger partial charge in [0.2, 0.25) is 3.79 Å². The lowest BCUT2D eigenvalue weighted by Gasteiger charge is -2.23.